The zero-order valence-electron chi connectivity index (χ0n) is 29.2. The van der Waals surface area contributed by atoms with Crippen LogP contribution in [0, 0.1) is 0 Å². The number of aromatic nitrogens is 3. The molecule has 6 aromatic rings. The van der Waals surface area contributed by atoms with E-state index in [0.29, 0.717) is 53.7 Å². The Labute approximate surface area is 316 Å². The molecule has 2 atom stereocenters. The van der Waals surface area contributed by atoms with Gasteiger partial charge in [-0.05, 0) is 47.7 Å². The number of nitrogens with one attached hydrogen (secondary N) is 4. The van der Waals surface area contributed by atoms with Gasteiger partial charge in [-0.2, -0.15) is 0 Å². The highest BCUT2D eigenvalue weighted by atomic mass is 35.5. The second-order valence-corrected chi connectivity index (χ2v) is 14.7. The van der Waals surface area contributed by atoms with Crippen LogP contribution in [0.15, 0.2) is 90.1 Å². The lowest BCUT2D eigenvalue weighted by atomic mass is 9.95. The lowest BCUT2D eigenvalue weighted by Gasteiger charge is -2.15. The fraction of sp³-hybridized carbons (Fsp3) is 0.268. The summed E-state index contributed by atoms with van der Waals surface area (Å²) in [5.74, 6) is 0.193. The maximum absolute atomic E-state index is 13.3. The predicted octanol–water partition coefficient (Wildman–Crippen LogP) is 6.23. The van der Waals surface area contributed by atoms with Crippen molar-refractivity contribution < 1.29 is 9.59 Å². The molecule has 2 aliphatic rings. The number of aryl methyl sites for hydroxylation is 1. The maximum Gasteiger partial charge on any atom is 0.262 e. The van der Waals surface area contributed by atoms with Gasteiger partial charge in [0.2, 0.25) is 11.8 Å². The maximum atomic E-state index is 13.3. The fourth-order valence-corrected chi connectivity index (χ4v) is 8.20. The average Bonchev–Trinajstić information content (AvgIpc) is 3.87. The first-order chi connectivity index (χ1) is 25.7. The molecule has 0 aliphatic carbocycles. The molecule has 0 radical (unpaired) electrons. The van der Waals surface area contributed by atoms with Gasteiger partial charge in [0.1, 0.15) is 5.65 Å². The van der Waals surface area contributed by atoms with Gasteiger partial charge in [0.25, 0.3) is 5.56 Å². The molecule has 4 N–H and O–H groups in total. The average molecular weight is 749 g/mol. The summed E-state index contributed by atoms with van der Waals surface area (Å²) >= 11 is 14.4. The number of rotatable bonds is 11. The third-order valence-electron chi connectivity index (χ3n) is 10.3. The number of pyridine rings is 1. The van der Waals surface area contributed by atoms with E-state index < -0.39 is 0 Å². The third kappa shape index (κ3) is 7.07. The van der Waals surface area contributed by atoms with Gasteiger partial charge in [0.05, 0.1) is 10.0 Å². The van der Waals surface area contributed by atoms with Gasteiger partial charge < -0.3 is 25.8 Å². The van der Waals surface area contributed by atoms with Crippen LogP contribution in [-0.4, -0.2) is 50.9 Å². The van der Waals surface area contributed by atoms with Gasteiger partial charge in [-0.3, -0.25) is 18.8 Å². The van der Waals surface area contributed by atoms with Crippen LogP contribution >= 0.6 is 23.2 Å². The molecule has 0 unspecified atom stereocenters. The molecule has 2 fully saturated rings. The van der Waals surface area contributed by atoms with Gasteiger partial charge in [-0.15, -0.1) is 0 Å². The van der Waals surface area contributed by atoms with Crippen molar-refractivity contribution in [2.24, 2.45) is 7.05 Å². The van der Waals surface area contributed by atoms with Crippen LogP contribution in [0.1, 0.15) is 36.8 Å². The number of nitrogens with zero attached hydrogens (tertiary/aromatic N) is 3. The molecular weight excluding hydrogens is 709 g/mol. The number of carbonyl (C=O) groups excluding carboxylic acids is 2. The number of amides is 2. The second-order valence-electron chi connectivity index (χ2n) is 13.9. The van der Waals surface area contributed by atoms with Crippen LogP contribution in [0.3, 0.4) is 0 Å². The first-order valence-electron chi connectivity index (χ1n) is 17.9. The Balaban J connectivity index is 1.03. The van der Waals surface area contributed by atoms with Crippen molar-refractivity contribution in [1.82, 2.24) is 35.2 Å². The molecule has 0 bridgehead atoms. The number of carbonyl (C=O) groups is 2. The lowest BCUT2D eigenvalue weighted by Crippen LogP contribution is -2.36. The molecule has 8 rings (SSSR count). The highest BCUT2D eigenvalue weighted by molar-refractivity contribution is 6.39. The molecule has 10 nitrogen and oxygen atoms in total. The Morgan fingerprint density at radius 2 is 1.34 bits per heavy atom. The zero-order chi connectivity index (χ0) is 36.6. The normalized spacial score (nSPS) is 17.2. The summed E-state index contributed by atoms with van der Waals surface area (Å²) in [6.07, 6.45) is 8.28. The smallest absolute Gasteiger partial charge is 0.262 e. The van der Waals surface area contributed by atoms with E-state index in [2.05, 4.69) is 55.2 Å². The van der Waals surface area contributed by atoms with E-state index in [1.165, 1.54) is 9.96 Å². The van der Waals surface area contributed by atoms with Crippen LogP contribution in [0.2, 0.25) is 10.0 Å². The Hall–Kier alpha value is -5.00. The second kappa shape index (κ2) is 14.8. The summed E-state index contributed by atoms with van der Waals surface area (Å²) in [6.45, 7) is 2.41. The number of fused-ring (bicyclic) bond motifs is 2. The minimum Gasteiger partial charge on any atom is -0.352 e. The van der Waals surface area contributed by atoms with Crippen LogP contribution in [0.4, 0.5) is 0 Å². The minimum absolute atomic E-state index is 0.0662. The van der Waals surface area contributed by atoms with Gasteiger partial charge in [-0.25, -0.2) is 4.98 Å². The molecule has 2 aliphatic heterocycles. The van der Waals surface area contributed by atoms with E-state index >= 15 is 0 Å². The first kappa shape index (κ1) is 35.1. The molecule has 12 heteroatoms. The summed E-state index contributed by atoms with van der Waals surface area (Å²) in [4.78, 5) is 40.9. The van der Waals surface area contributed by atoms with Crippen molar-refractivity contribution in [3.8, 4) is 33.4 Å². The minimum atomic E-state index is -0.148. The van der Waals surface area contributed by atoms with Gasteiger partial charge in [0.15, 0.2) is 0 Å². The van der Waals surface area contributed by atoms with Crippen LogP contribution < -0.4 is 26.8 Å². The van der Waals surface area contributed by atoms with E-state index in [4.69, 9.17) is 23.2 Å². The highest BCUT2D eigenvalue weighted by Crippen LogP contribution is 2.43. The van der Waals surface area contributed by atoms with E-state index in [-0.39, 0.29) is 29.5 Å². The van der Waals surface area contributed by atoms with Crippen LogP contribution in [-0.2, 0) is 29.7 Å². The van der Waals surface area contributed by atoms with Crippen molar-refractivity contribution in [2.75, 3.05) is 13.1 Å². The molecule has 3 aromatic heterocycles. The molecule has 2 saturated heterocycles. The fourth-order valence-electron chi connectivity index (χ4n) is 7.53. The molecule has 2 amide bonds. The Morgan fingerprint density at radius 1 is 0.755 bits per heavy atom. The molecule has 53 heavy (non-hydrogen) atoms. The Kier molecular flexibility index (Phi) is 9.78. The van der Waals surface area contributed by atoms with Gasteiger partial charge in [-0.1, -0.05) is 71.7 Å². The topological polar surface area (TPSA) is 122 Å². The summed E-state index contributed by atoms with van der Waals surface area (Å²) in [6, 6.07) is 22.3. The summed E-state index contributed by atoms with van der Waals surface area (Å²) in [7, 11) is 2.05. The quantitative estimate of drug-likeness (QED) is 0.125. The van der Waals surface area contributed by atoms with E-state index in [0.717, 1.165) is 63.7 Å². The Bertz CT molecular complexity index is 2460. The molecule has 3 aromatic carbocycles. The highest BCUT2D eigenvalue weighted by Gasteiger charge is 2.22. The van der Waals surface area contributed by atoms with Crippen molar-refractivity contribution in [3.63, 3.8) is 0 Å². The first-order valence-corrected chi connectivity index (χ1v) is 18.7. The van der Waals surface area contributed by atoms with E-state index in [1.54, 1.807) is 12.4 Å². The SMILES string of the molecule is Cn1cc(CNC[C@H]2CCC(=O)N2)c2ccc(-c3cccc(-c4cccc(-c5ccn6c(=O)c(CNC[C@H]7CCC(=O)N7)cnc6c5)c4Cl)c3Cl)cc21. The summed E-state index contributed by atoms with van der Waals surface area (Å²) in [5.41, 5.74) is 8.34. The van der Waals surface area contributed by atoms with E-state index in [9.17, 15) is 14.4 Å². The van der Waals surface area contributed by atoms with Crippen LogP contribution in [0.5, 0.6) is 0 Å². The van der Waals surface area contributed by atoms with Crippen molar-refractivity contribution in [3.05, 3.63) is 117 Å². The zero-order valence-corrected chi connectivity index (χ0v) is 30.7. The third-order valence-corrected chi connectivity index (χ3v) is 11.2. The largest absolute Gasteiger partial charge is 0.352 e. The number of halogens is 2. The number of benzene rings is 3. The van der Waals surface area contributed by atoms with Crippen molar-refractivity contribution in [1.29, 1.82) is 0 Å². The van der Waals surface area contributed by atoms with Crippen LogP contribution in [0.25, 0.3) is 49.9 Å². The molecule has 270 valence electrons. The van der Waals surface area contributed by atoms with Crippen molar-refractivity contribution >= 4 is 51.6 Å². The monoisotopic (exact) mass is 747 g/mol. The number of hydrogen-bond donors (Lipinski definition) is 4. The predicted molar refractivity (Wildman–Crippen MR) is 210 cm³/mol. The summed E-state index contributed by atoms with van der Waals surface area (Å²) < 4.78 is 3.67. The van der Waals surface area contributed by atoms with Crippen molar-refractivity contribution in [2.45, 2.75) is 50.9 Å². The summed E-state index contributed by atoms with van der Waals surface area (Å²) in [5, 5.41) is 15.0. The van der Waals surface area contributed by atoms with Gasteiger partial charge >= 0.3 is 0 Å². The standard InChI is InChI=1S/C41H39Cl2N7O3/c1-49-23-27(19-45-22-29-10-13-38(52)48-29)30-11-8-24(16-35(30)49)31-4-2-6-33(39(31)42)34-7-3-5-32(40(34)43)25-14-15-50-36(17-25)46-20-26(41(50)53)18-44-21-28-9-12-37(51)47-28/h2-8,11,14-17,20,23,28-29,44-45H,9-10,12-13,18-19,21-22H2,1H3,(H,47,51)(H,48,52)/t28-,29-/m1/s1. The van der Waals surface area contributed by atoms with Gasteiger partial charge in [0, 0.05) is 115 Å². The Morgan fingerprint density at radius 3 is 1.94 bits per heavy atom. The van der Waals surface area contributed by atoms with E-state index in [1.807, 2.05) is 55.6 Å². The number of hydrogen-bond acceptors (Lipinski definition) is 6. The molecule has 0 spiro atoms. The lowest BCUT2D eigenvalue weighted by molar-refractivity contribution is -0.120. The molecular formula is C41H39Cl2N7O3. The molecule has 5 heterocycles. The molecule has 0 saturated carbocycles.